The van der Waals surface area contributed by atoms with Gasteiger partial charge in [0.1, 0.15) is 6.29 Å². The minimum atomic E-state index is -0.188. The van der Waals surface area contributed by atoms with E-state index >= 15 is 0 Å². The zero-order chi connectivity index (χ0) is 13.8. The zero-order valence-corrected chi connectivity index (χ0v) is 11.7. The lowest BCUT2D eigenvalue weighted by molar-refractivity contribution is 0.112. The average molecular weight is 277 g/mol. The molecular formula is C13H15N3O2S. The van der Waals surface area contributed by atoms with Crippen molar-refractivity contribution in [2.24, 2.45) is 0 Å². The molecule has 5 nitrogen and oxygen atoms in total. The van der Waals surface area contributed by atoms with Crippen molar-refractivity contribution in [1.29, 1.82) is 0 Å². The van der Waals surface area contributed by atoms with Gasteiger partial charge in [-0.3, -0.25) is 9.36 Å². The Morgan fingerprint density at radius 2 is 2.26 bits per heavy atom. The first-order valence-corrected chi connectivity index (χ1v) is 6.86. The molecule has 0 atom stereocenters. The lowest BCUT2D eigenvalue weighted by Gasteiger charge is -2.06. The molecular weight excluding hydrogens is 262 g/mol. The molecule has 0 fully saturated rings. The maximum Gasteiger partial charge on any atom is 0.343 e. The van der Waals surface area contributed by atoms with E-state index in [1.165, 1.54) is 11.8 Å². The number of nitrogens with one attached hydrogen (secondary N) is 1. The van der Waals surface area contributed by atoms with Crippen LogP contribution in [0.3, 0.4) is 0 Å². The lowest BCUT2D eigenvalue weighted by Crippen LogP contribution is -2.17. The SMILES string of the molecule is CCCn1c(Sc2ccc(C=O)cc2C)n[nH]c1=O. The molecule has 2 aromatic rings. The molecule has 0 aliphatic heterocycles. The van der Waals surface area contributed by atoms with E-state index in [4.69, 9.17) is 0 Å². The summed E-state index contributed by atoms with van der Waals surface area (Å²) in [5.74, 6) is 0. The number of rotatable bonds is 5. The maximum absolute atomic E-state index is 11.6. The molecule has 0 aliphatic rings. The zero-order valence-electron chi connectivity index (χ0n) is 10.8. The van der Waals surface area contributed by atoms with Gasteiger partial charge in [-0.1, -0.05) is 13.0 Å². The van der Waals surface area contributed by atoms with Crippen LogP contribution in [0.4, 0.5) is 0 Å². The summed E-state index contributed by atoms with van der Waals surface area (Å²) in [6.45, 7) is 4.59. The molecule has 0 unspecified atom stereocenters. The minimum absolute atomic E-state index is 0.188. The third-order valence-corrected chi connectivity index (χ3v) is 3.88. The van der Waals surface area contributed by atoms with Crippen molar-refractivity contribution < 1.29 is 4.79 Å². The smallest absolute Gasteiger partial charge is 0.298 e. The summed E-state index contributed by atoms with van der Waals surface area (Å²) in [6.07, 6.45) is 1.69. The normalized spacial score (nSPS) is 10.6. The Morgan fingerprint density at radius 1 is 1.47 bits per heavy atom. The van der Waals surface area contributed by atoms with Crippen molar-refractivity contribution in [2.45, 2.75) is 36.9 Å². The number of carbonyl (C=O) groups excluding carboxylic acids is 1. The number of aldehydes is 1. The van der Waals surface area contributed by atoms with E-state index in [1.54, 1.807) is 10.6 Å². The number of benzene rings is 1. The van der Waals surface area contributed by atoms with E-state index in [9.17, 15) is 9.59 Å². The van der Waals surface area contributed by atoms with Gasteiger partial charge in [0.25, 0.3) is 0 Å². The van der Waals surface area contributed by atoms with Crippen LogP contribution in [-0.4, -0.2) is 21.1 Å². The van der Waals surface area contributed by atoms with Gasteiger partial charge in [-0.2, -0.15) is 0 Å². The fourth-order valence-electron chi connectivity index (χ4n) is 1.76. The molecule has 2 rings (SSSR count). The van der Waals surface area contributed by atoms with Gasteiger partial charge in [0.05, 0.1) is 0 Å². The number of aryl methyl sites for hydroxylation is 1. The van der Waals surface area contributed by atoms with Crippen LogP contribution in [0.2, 0.25) is 0 Å². The van der Waals surface area contributed by atoms with Gasteiger partial charge in [0, 0.05) is 17.0 Å². The summed E-state index contributed by atoms with van der Waals surface area (Å²) in [5.41, 5.74) is 1.45. The standard InChI is InChI=1S/C13H15N3O2S/c1-3-6-16-12(18)14-15-13(16)19-11-5-4-10(8-17)7-9(11)2/h4-5,7-8H,3,6H2,1-2H3,(H,14,18). The molecule has 0 amide bonds. The highest BCUT2D eigenvalue weighted by atomic mass is 32.2. The molecule has 0 saturated heterocycles. The fourth-order valence-corrected chi connectivity index (χ4v) is 2.69. The third kappa shape index (κ3) is 2.96. The molecule has 0 bridgehead atoms. The molecule has 0 saturated carbocycles. The van der Waals surface area contributed by atoms with Crippen LogP contribution >= 0.6 is 11.8 Å². The van der Waals surface area contributed by atoms with E-state index in [2.05, 4.69) is 10.2 Å². The second kappa shape index (κ2) is 5.88. The maximum atomic E-state index is 11.6. The average Bonchev–Trinajstić information content (AvgIpc) is 2.74. The Labute approximate surface area is 115 Å². The van der Waals surface area contributed by atoms with E-state index in [1.807, 2.05) is 26.0 Å². The van der Waals surface area contributed by atoms with Crippen molar-refractivity contribution in [2.75, 3.05) is 0 Å². The number of aromatic nitrogens is 3. The Hall–Kier alpha value is -1.82. The Bertz CT molecular complexity index is 646. The van der Waals surface area contributed by atoms with Crippen LogP contribution in [0.1, 0.15) is 29.3 Å². The summed E-state index contributed by atoms with van der Waals surface area (Å²) < 4.78 is 1.62. The predicted octanol–water partition coefficient (Wildman–Crippen LogP) is 2.25. The number of aromatic amines is 1. The topological polar surface area (TPSA) is 67.8 Å². The molecule has 1 aromatic carbocycles. The molecule has 100 valence electrons. The highest BCUT2D eigenvalue weighted by Gasteiger charge is 2.10. The number of hydrogen-bond acceptors (Lipinski definition) is 4. The highest BCUT2D eigenvalue weighted by molar-refractivity contribution is 7.99. The Balaban J connectivity index is 2.31. The Morgan fingerprint density at radius 3 is 2.89 bits per heavy atom. The molecule has 0 aliphatic carbocycles. The third-order valence-electron chi connectivity index (χ3n) is 2.71. The fraction of sp³-hybridized carbons (Fsp3) is 0.308. The van der Waals surface area contributed by atoms with Gasteiger partial charge >= 0.3 is 5.69 Å². The van der Waals surface area contributed by atoms with Crippen LogP contribution in [0.15, 0.2) is 33.0 Å². The first-order chi connectivity index (χ1) is 9.15. The van der Waals surface area contributed by atoms with Crippen molar-refractivity contribution in [3.05, 3.63) is 39.8 Å². The summed E-state index contributed by atoms with van der Waals surface area (Å²) in [5, 5.41) is 7.14. The van der Waals surface area contributed by atoms with E-state index in [0.29, 0.717) is 17.3 Å². The first kappa shape index (κ1) is 13.6. The van der Waals surface area contributed by atoms with Gasteiger partial charge < -0.3 is 0 Å². The van der Waals surface area contributed by atoms with Crippen LogP contribution in [0.25, 0.3) is 0 Å². The van der Waals surface area contributed by atoms with Crippen molar-refractivity contribution in [1.82, 2.24) is 14.8 Å². The van der Waals surface area contributed by atoms with Crippen LogP contribution in [-0.2, 0) is 6.54 Å². The Kier molecular flexibility index (Phi) is 4.21. The molecule has 6 heteroatoms. The van der Waals surface area contributed by atoms with Gasteiger partial charge in [-0.25, -0.2) is 9.89 Å². The number of H-pyrrole nitrogens is 1. The van der Waals surface area contributed by atoms with E-state index in [0.717, 1.165) is 23.2 Å². The molecule has 1 aromatic heterocycles. The van der Waals surface area contributed by atoms with Crippen molar-refractivity contribution >= 4 is 18.0 Å². The summed E-state index contributed by atoms with van der Waals surface area (Å²) in [4.78, 5) is 23.3. The molecule has 0 spiro atoms. The monoisotopic (exact) mass is 277 g/mol. The van der Waals surface area contributed by atoms with Gasteiger partial charge in [0.2, 0.25) is 0 Å². The first-order valence-electron chi connectivity index (χ1n) is 6.04. The van der Waals surface area contributed by atoms with Gasteiger partial charge in [-0.15, -0.1) is 5.10 Å². The highest BCUT2D eigenvalue weighted by Crippen LogP contribution is 2.28. The van der Waals surface area contributed by atoms with Crippen molar-refractivity contribution in [3.8, 4) is 0 Å². The largest absolute Gasteiger partial charge is 0.343 e. The number of nitrogens with zero attached hydrogens (tertiary/aromatic N) is 2. The van der Waals surface area contributed by atoms with Gasteiger partial charge in [-0.05, 0) is 42.8 Å². The predicted molar refractivity (Wildman–Crippen MR) is 73.8 cm³/mol. The number of carbonyl (C=O) groups is 1. The van der Waals surface area contributed by atoms with E-state index < -0.39 is 0 Å². The summed E-state index contributed by atoms with van der Waals surface area (Å²) in [6, 6.07) is 5.46. The molecule has 1 heterocycles. The minimum Gasteiger partial charge on any atom is -0.298 e. The van der Waals surface area contributed by atoms with Crippen LogP contribution in [0, 0.1) is 6.92 Å². The quantitative estimate of drug-likeness (QED) is 0.851. The molecule has 19 heavy (non-hydrogen) atoms. The van der Waals surface area contributed by atoms with E-state index in [-0.39, 0.29) is 5.69 Å². The number of hydrogen-bond donors (Lipinski definition) is 1. The summed E-state index contributed by atoms with van der Waals surface area (Å²) >= 11 is 1.43. The molecule has 1 N–H and O–H groups in total. The van der Waals surface area contributed by atoms with Crippen LogP contribution in [0.5, 0.6) is 0 Å². The second-order valence-corrected chi connectivity index (χ2v) is 5.22. The molecule has 0 radical (unpaired) electrons. The van der Waals surface area contributed by atoms with Crippen LogP contribution < -0.4 is 5.69 Å². The second-order valence-electron chi connectivity index (χ2n) is 4.21. The lowest BCUT2D eigenvalue weighted by atomic mass is 10.2. The van der Waals surface area contributed by atoms with Gasteiger partial charge in [0.15, 0.2) is 5.16 Å². The van der Waals surface area contributed by atoms with Crippen molar-refractivity contribution in [3.63, 3.8) is 0 Å². The summed E-state index contributed by atoms with van der Waals surface area (Å²) in [7, 11) is 0.